The molecule has 19 heteroatoms. The summed E-state index contributed by atoms with van der Waals surface area (Å²) < 4.78 is 0. The number of hydrogen-bond acceptors (Lipinski definition) is 16. The molecule has 422 valence electrons. The molecule has 0 saturated heterocycles. The van der Waals surface area contributed by atoms with Crippen LogP contribution < -0.4 is 49.4 Å². The standard InChI is InChI=1S/C8H12N2.2C7H10N2.C7H9NO.2C6H8N2.C6H7NO.C5H6N2.C5H5NO.C4H5N/c1-6-4-8(9-3)5-7(2)10-6;1-5-3-7(8)4-6(2)9-5;1-6-5-7(8-2)3-4-9-6;1-5-3-7(9)4-6(2)8-5;1-7-6-2-4-8-5-3-6;1-5-4-6(7)2-3-8-5;1-5-4-6(8)2-3-7-5;6-5-1-3-7-4-2-5;7-5-1-3-6-4-2-5;1-2-4-5-3-1/h4-5H,1-3H3,(H,9,10);3-4H,1-2H3,(H2,8,9);3-5H,1-2H3,(H,8,9);3-4H,1-2H3,(H,8,9);2-5H,1H3,(H,7,8);2-4H,1H3,(H2,7,8);2-4H,1H3,(H,7,8);1-4H,(H2,6,7);1-4H,(H,6,7);1,3-4H,2H2. The van der Waals surface area contributed by atoms with E-state index in [-0.39, 0.29) is 16.3 Å². The van der Waals surface area contributed by atoms with Crippen LogP contribution in [0.1, 0.15) is 57.7 Å². The van der Waals surface area contributed by atoms with Crippen molar-refractivity contribution in [2.24, 2.45) is 4.99 Å². The molecule has 0 spiro atoms. The molecule has 19 nitrogen and oxygen atoms in total. The van der Waals surface area contributed by atoms with Crippen LogP contribution >= 0.6 is 0 Å². The van der Waals surface area contributed by atoms with E-state index in [0.717, 1.165) is 91.8 Å². The first-order valence-electron chi connectivity index (χ1n) is 25.2. The molecule has 0 radical (unpaired) electrons. The quantitative estimate of drug-likeness (QED) is 0.0795. The van der Waals surface area contributed by atoms with Gasteiger partial charge < -0.3 is 48.1 Å². The van der Waals surface area contributed by atoms with Gasteiger partial charge in [-0.3, -0.25) is 49.3 Å². The lowest BCUT2D eigenvalue weighted by molar-refractivity contribution is 1.11. The SMILES string of the molecule is C1=CN=CC1.CNc1cc(C)nc(C)c1.CNc1ccnc(C)c1.CNc1ccncc1.Cc1cc(=O)cc(C)[nH]1.Cc1cc(=O)cc[nH]1.Cc1cc(N)cc(C)n1.Cc1cc(N)ccn1.Nc1ccncc1.O=c1cc[nH]cc1. The monoisotopic (exact) mass is 1080 g/mol. The molecule has 0 bridgehead atoms. The van der Waals surface area contributed by atoms with Gasteiger partial charge in [0, 0.05) is 218 Å². The molecule has 0 amide bonds. The smallest absolute Gasteiger partial charge is 0.182 e. The number of anilines is 6. The fourth-order valence-corrected chi connectivity index (χ4v) is 6.08. The number of nitrogens with one attached hydrogen (secondary N) is 6. The largest absolute Gasteiger partial charge is 0.399 e. The van der Waals surface area contributed by atoms with E-state index >= 15 is 0 Å². The second-order valence-corrected chi connectivity index (χ2v) is 17.1. The summed E-state index contributed by atoms with van der Waals surface area (Å²) in [4.78, 5) is 67.8. The molecule has 1 aliphatic rings. The van der Waals surface area contributed by atoms with Crippen LogP contribution in [0.25, 0.3) is 0 Å². The third-order valence-electron chi connectivity index (χ3n) is 9.51. The zero-order valence-corrected chi connectivity index (χ0v) is 48.1. The Morgan fingerprint density at radius 2 is 0.863 bits per heavy atom. The normalized spacial score (nSPS) is 9.65. The molecule has 0 fully saturated rings. The van der Waals surface area contributed by atoms with Crippen LogP contribution in [0, 0.1) is 62.3 Å². The van der Waals surface area contributed by atoms with Gasteiger partial charge in [0.05, 0.1) is 0 Å². The maximum Gasteiger partial charge on any atom is 0.182 e. The van der Waals surface area contributed by atoms with Crippen LogP contribution in [-0.4, -0.2) is 72.2 Å². The van der Waals surface area contributed by atoms with Gasteiger partial charge in [-0.25, -0.2) is 0 Å². The molecular weight excluding hydrogens is 1000 g/mol. The van der Waals surface area contributed by atoms with E-state index in [4.69, 9.17) is 17.2 Å². The van der Waals surface area contributed by atoms with Gasteiger partial charge in [0.15, 0.2) is 16.3 Å². The molecule has 80 heavy (non-hydrogen) atoms. The third-order valence-corrected chi connectivity index (χ3v) is 9.51. The number of allylic oxidation sites excluding steroid dienone is 1. The Hall–Kier alpha value is -10.0. The molecule has 9 aromatic rings. The summed E-state index contributed by atoms with van der Waals surface area (Å²) in [6.07, 6.45) is 21.9. The topological polar surface area (TPSA) is 302 Å². The molecule has 1 aliphatic heterocycles. The number of aryl methyl sites for hydroxylation is 9. The maximum absolute atomic E-state index is 10.7. The Labute approximate surface area is 470 Å². The summed E-state index contributed by atoms with van der Waals surface area (Å²) in [5.41, 5.74) is 30.9. The van der Waals surface area contributed by atoms with Crippen LogP contribution in [0.2, 0.25) is 0 Å². The summed E-state index contributed by atoms with van der Waals surface area (Å²) in [5.74, 6) is 0. The predicted octanol–water partition coefficient (Wildman–Crippen LogP) is 10.2. The van der Waals surface area contributed by atoms with Crippen molar-refractivity contribution in [3.05, 3.63) is 259 Å². The Morgan fingerprint density at radius 1 is 0.425 bits per heavy atom. The van der Waals surface area contributed by atoms with Crippen LogP contribution in [0.5, 0.6) is 0 Å². The lowest BCUT2D eigenvalue weighted by Crippen LogP contribution is -2.00. The number of nitrogen functional groups attached to an aromatic ring is 3. The third kappa shape index (κ3) is 36.8. The maximum atomic E-state index is 10.7. The van der Waals surface area contributed by atoms with E-state index in [0.29, 0.717) is 0 Å². The zero-order valence-electron chi connectivity index (χ0n) is 48.1. The fourth-order valence-electron chi connectivity index (χ4n) is 6.08. The Balaban J connectivity index is 0.000000446. The van der Waals surface area contributed by atoms with Crippen molar-refractivity contribution in [2.45, 2.75) is 68.7 Å². The van der Waals surface area contributed by atoms with Crippen LogP contribution in [0.15, 0.2) is 197 Å². The average molecular weight is 1090 g/mol. The number of nitrogens with two attached hydrogens (primary N) is 3. The highest BCUT2D eigenvalue weighted by molar-refractivity contribution is 5.62. The number of aromatic nitrogens is 9. The molecule has 0 atom stereocenters. The summed E-state index contributed by atoms with van der Waals surface area (Å²) in [6, 6.07) is 31.8. The van der Waals surface area contributed by atoms with Gasteiger partial charge in [-0.15, -0.1) is 0 Å². The molecule has 0 unspecified atom stereocenters. The molecule has 0 aromatic carbocycles. The highest BCUT2D eigenvalue weighted by atomic mass is 16.1. The van der Waals surface area contributed by atoms with Crippen molar-refractivity contribution >= 4 is 40.3 Å². The van der Waals surface area contributed by atoms with E-state index in [2.05, 4.69) is 65.8 Å². The van der Waals surface area contributed by atoms with Crippen molar-refractivity contribution in [3.63, 3.8) is 0 Å². The highest BCUT2D eigenvalue weighted by Gasteiger charge is 1.93. The molecular formula is C61H80N16O3. The molecule has 12 N–H and O–H groups in total. The fraction of sp³-hybridized carbons (Fsp3) is 0.213. The van der Waals surface area contributed by atoms with Gasteiger partial charge in [-0.05, 0) is 135 Å². The second-order valence-electron chi connectivity index (χ2n) is 17.1. The molecule has 9 aromatic heterocycles. The van der Waals surface area contributed by atoms with Crippen molar-refractivity contribution < 1.29 is 0 Å². The van der Waals surface area contributed by atoms with Gasteiger partial charge in [-0.1, -0.05) is 6.08 Å². The van der Waals surface area contributed by atoms with Crippen molar-refractivity contribution in [1.82, 2.24) is 44.9 Å². The van der Waals surface area contributed by atoms with Gasteiger partial charge >= 0.3 is 0 Å². The molecule has 0 aliphatic carbocycles. The average Bonchev–Trinajstić information content (AvgIpc) is 4.01. The summed E-state index contributed by atoms with van der Waals surface area (Å²) in [5, 5.41) is 9.08. The van der Waals surface area contributed by atoms with Crippen LogP contribution in [0.3, 0.4) is 0 Å². The minimum absolute atomic E-state index is 0.0405. The van der Waals surface area contributed by atoms with E-state index in [9.17, 15) is 14.4 Å². The van der Waals surface area contributed by atoms with Crippen molar-refractivity contribution in [3.8, 4) is 0 Å². The number of pyridine rings is 9. The number of H-pyrrole nitrogens is 3. The van der Waals surface area contributed by atoms with Gasteiger partial charge in [0.1, 0.15) is 0 Å². The van der Waals surface area contributed by atoms with E-state index in [1.807, 2.05) is 150 Å². The van der Waals surface area contributed by atoms with Gasteiger partial charge in [-0.2, -0.15) is 0 Å². The summed E-state index contributed by atoms with van der Waals surface area (Å²) in [7, 11) is 5.69. The molecule has 10 heterocycles. The minimum Gasteiger partial charge on any atom is -0.399 e. The number of rotatable bonds is 3. The van der Waals surface area contributed by atoms with Crippen molar-refractivity contribution in [2.75, 3.05) is 54.3 Å². The zero-order chi connectivity index (χ0) is 59.5. The van der Waals surface area contributed by atoms with Gasteiger partial charge in [0.25, 0.3) is 0 Å². The number of aromatic amines is 3. The van der Waals surface area contributed by atoms with Crippen molar-refractivity contribution in [1.29, 1.82) is 0 Å². The van der Waals surface area contributed by atoms with Gasteiger partial charge in [0.2, 0.25) is 0 Å². The molecule has 10 rings (SSSR count). The second kappa shape index (κ2) is 41.2. The first-order valence-corrected chi connectivity index (χ1v) is 25.2. The lowest BCUT2D eigenvalue weighted by Gasteiger charge is -2.01. The summed E-state index contributed by atoms with van der Waals surface area (Å²) in [6.45, 7) is 17.3. The first-order chi connectivity index (χ1) is 38.2. The minimum atomic E-state index is 0.0405. The van der Waals surface area contributed by atoms with E-state index in [1.165, 1.54) is 18.2 Å². The number of hydrogen-bond donors (Lipinski definition) is 9. The Kier molecular flexibility index (Phi) is 35.0. The van der Waals surface area contributed by atoms with E-state index < -0.39 is 0 Å². The summed E-state index contributed by atoms with van der Waals surface area (Å²) >= 11 is 0. The van der Waals surface area contributed by atoms with E-state index in [1.54, 1.807) is 98.4 Å². The van der Waals surface area contributed by atoms with Crippen LogP contribution in [0.4, 0.5) is 34.1 Å². The lowest BCUT2D eigenvalue weighted by atomic mass is 10.3. The molecule has 0 saturated carbocycles. The number of aliphatic imine (C=N–C) groups is 1. The van der Waals surface area contributed by atoms with Crippen LogP contribution in [-0.2, 0) is 0 Å². The number of nitrogens with zero attached hydrogens (tertiary/aromatic N) is 7. The Bertz CT molecular complexity index is 3190. The highest BCUT2D eigenvalue weighted by Crippen LogP contribution is 2.09. The first kappa shape index (κ1) is 68.0. The predicted molar refractivity (Wildman–Crippen MR) is 333 cm³/mol. The Morgan fingerprint density at radius 3 is 1.18 bits per heavy atom.